The third-order valence-electron chi connectivity index (χ3n) is 1.61. The van der Waals surface area contributed by atoms with Gasteiger partial charge in [0.05, 0.1) is 0 Å². The van der Waals surface area contributed by atoms with Crippen LogP contribution in [0.5, 0.6) is 0 Å². The summed E-state index contributed by atoms with van der Waals surface area (Å²) in [5.41, 5.74) is -7.32. The normalized spacial score (nSPS) is 10.9. The summed E-state index contributed by atoms with van der Waals surface area (Å²) in [4.78, 5) is 54.0. The largest absolute Gasteiger partial charge is 0.519 e. The predicted octanol–water partition coefficient (Wildman–Crippen LogP) is -2.30. The molecule has 0 aliphatic heterocycles. The average molecular weight is 196 g/mol. The molecule has 70 valence electrons. The fourth-order valence-electron chi connectivity index (χ4n) is 0.992. The highest BCUT2D eigenvalue weighted by Crippen LogP contribution is 1.96. The van der Waals surface area contributed by atoms with Crippen molar-refractivity contribution in [2.75, 3.05) is 0 Å². The van der Waals surface area contributed by atoms with Gasteiger partial charge in [0.25, 0.3) is 21.7 Å². The van der Waals surface area contributed by atoms with Crippen molar-refractivity contribution in [3.05, 3.63) is 51.5 Å². The van der Waals surface area contributed by atoms with Crippen LogP contribution in [0.4, 0.5) is 0 Å². The number of rotatable bonds is 0. The molecule has 0 N–H and O–H groups in total. The van der Waals surface area contributed by atoms with E-state index in [0.717, 1.165) is 0 Å². The van der Waals surface area contributed by atoms with Crippen molar-refractivity contribution in [2.24, 2.45) is 0 Å². The van der Waals surface area contributed by atoms with E-state index in [1.54, 1.807) is 0 Å². The molecular formula is C7O7. The molecule has 0 spiro atoms. The van der Waals surface area contributed by atoms with Gasteiger partial charge in [0.2, 0.25) is 11.2 Å². The molecule has 0 saturated carbocycles. The molecule has 0 amide bonds. The van der Waals surface area contributed by atoms with Crippen LogP contribution in [-0.4, -0.2) is 0 Å². The molecule has 0 aliphatic rings. The van der Waals surface area contributed by atoms with Gasteiger partial charge in [-0.25, -0.2) is 4.79 Å². The van der Waals surface area contributed by atoms with Gasteiger partial charge < -0.3 is 8.83 Å². The minimum Gasteiger partial charge on any atom is -0.386 e. The Balaban J connectivity index is 3.45. The highest BCUT2D eigenvalue weighted by Gasteiger charge is 2.18. The van der Waals surface area contributed by atoms with Crippen LogP contribution >= 0.6 is 0 Å². The molecule has 7 heteroatoms. The Morgan fingerprint density at radius 3 is 1.29 bits per heavy atom. The zero-order valence-electron chi connectivity index (χ0n) is 6.36. The van der Waals surface area contributed by atoms with Gasteiger partial charge in [0.1, 0.15) is 0 Å². The molecular weight excluding hydrogens is 196 g/mol. The molecule has 14 heavy (non-hydrogen) atoms. The van der Waals surface area contributed by atoms with Crippen molar-refractivity contribution in [1.82, 2.24) is 0 Å². The fourth-order valence-corrected chi connectivity index (χ4v) is 0.992. The first-order valence-electron chi connectivity index (χ1n) is 3.34. The van der Waals surface area contributed by atoms with Crippen molar-refractivity contribution >= 4 is 11.2 Å². The number of benzene rings is 1. The molecule has 7 nitrogen and oxygen atoms in total. The van der Waals surface area contributed by atoms with E-state index in [-0.39, 0.29) is 0 Å². The summed E-state index contributed by atoms with van der Waals surface area (Å²) in [7, 11) is 0. The Morgan fingerprint density at radius 1 is 0.571 bits per heavy atom. The lowest BCUT2D eigenvalue weighted by molar-refractivity contribution is 0.408. The fraction of sp³-hybridized carbons (Fsp3) is 0. The standard InChI is InChI=1S/C7O7/c8-1-2(9)4(11)6-5(3(1)10)13-7(12)14-6. The Labute approximate surface area is 72.5 Å². The average Bonchev–Trinajstić information content (AvgIpc) is 2.54. The lowest BCUT2D eigenvalue weighted by atomic mass is 10.3. The highest BCUT2D eigenvalue weighted by molar-refractivity contribution is 5.68. The van der Waals surface area contributed by atoms with Crippen LogP contribution in [0.2, 0.25) is 0 Å². The van der Waals surface area contributed by atoms with E-state index >= 15 is 0 Å². The van der Waals surface area contributed by atoms with Gasteiger partial charge in [0, 0.05) is 0 Å². The van der Waals surface area contributed by atoms with E-state index in [1.807, 2.05) is 0 Å². The summed E-state index contributed by atoms with van der Waals surface area (Å²) in [5, 5.41) is 0. The van der Waals surface area contributed by atoms with Crippen molar-refractivity contribution in [3.63, 3.8) is 0 Å². The minimum absolute atomic E-state index is 0.801. The summed E-state index contributed by atoms with van der Waals surface area (Å²) in [6.45, 7) is 0. The van der Waals surface area contributed by atoms with Gasteiger partial charge in [-0.2, -0.15) is 0 Å². The SMILES string of the molecule is O=c1oc2c(=O)c(=O)c(=O)c(=O)c2o1. The van der Waals surface area contributed by atoms with Gasteiger partial charge in [0.15, 0.2) is 0 Å². The third kappa shape index (κ3) is 0.830. The number of hydrogen-bond donors (Lipinski definition) is 0. The van der Waals surface area contributed by atoms with Crippen LogP contribution in [0.25, 0.3) is 11.2 Å². The molecule has 0 bridgehead atoms. The van der Waals surface area contributed by atoms with Crippen molar-refractivity contribution < 1.29 is 8.83 Å². The number of hydrogen-bond acceptors (Lipinski definition) is 7. The van der Waals surface area contributed by atoms with Gasteiger partial charge in [-0.15, -0.1) is 0 Å². The zero-order valence-corrected chi connectivity index (χ0v) is 6.36. The monoisotopic (exact) mass is 196 g/mol. The van der Waals surface area contributed by atoms with Crippen LogP contribution in [0.3, 0.4) is 0 Å². The summed E-state index contributed by atoms with van der Waals surface area (Å²) in [6.07, 6.45) is 0. The highest BCUT2D eigenvalue weighted by atomic mass is 16.6. The molecule has 0 aliphatic carbocycles. The van der Waals surface area contributed by atoms with E-state index in [0.29, 0.717) is 0 Å². The maximum Gasteiger partial charge on any atom is 0.519 e. The minimum atomic E-state index is -1.52. The molecule has 1 aromatic heterocycles. The maximum absolute atomic E-state index is 11.0. The molecule has 0 saturated heterocycles. The summed E-state index contributed by atoms with van der Waals surface area (Å²) < 4.78 is 8.28. The van der Waals surface area contributed by atoms with E-state index < -0.39 is 38.7 Å². The Morgan fingerprint density at radius 2 is 0.929 bits per heavy atom. The summed E-state index contributed by atoms with van der Waals surface area (Å²) >= 11 is 0. The first-order chi connectivity index (χ1) is 6.52. The van der Waals surface area contributed by atoms with Gasteiger partial charge >= 0.3 is 5.82 Å². The molecule has 2 aromatic rings. The van der Waals surface area contributed by atoms with Crippen LogP contribution in [0, 0.1) is 0 Å². The van der Waals surface area contributed by atoms with Gasteiger partial charge in [-0.05, 0) is 0 Å². The van der Waals surface area contributed by atoms with E-state index in [1.165, 1.54) is 0 Å². The molecule has 0 fully saturated rings. The smallest absolute Gasteiger partial charge is 0.386 e. The van der Waals surface area contributed by atoms with Crippen LogP contribution in [0.15, 0.2) is 32.8 Å². The quantitative estimate of drug-likeness (QED) is 0.435. The van der Waals surface area contributed by atoms with Crippen molar-refractivity contribution in [2.45, 2.75) is 0 Å². The molecule has 0 atom stereocenters. The van der Waals surface area contributed by atoms with E-state index in [9.17, 15) is 24.0 Å². The lowest BCUT2D eigenvalue weighted by Crippen LogP contribution is -2.46. The Kier molecular flexibility index (Phi) is 1.39. The van der Waals surface area contributed by atoms with E-state index in [4.69, 9.17) is 0 Å². The zero-order chi connectivity index (χ0) is 10.5. The molecule has 1 heterocycles. The predicted molar refractivity (Wildman–Crippen MR) is 42.2 cm³/mol. The summed E-state index contributed by atoms with van der Waals surface area (Å²) in [6, 6.07) is 0. The van der Waals surface area contributed by atoms with E-state index in [2.05, 4.69) is 8.83 Å². The van der Waals surface area contributed by atoms with Gasteiger partial charge in [-0.1, -0.05) is 0 Å². The molecule has 1 aromatic carbocycles. The third-order valence-corrected chi connectivity index (χ3v) is 1.61. The second-order valence-electron chi connectivity index (χ2n) is 2.43. The molecule has 2 rings (SSSR count). The first-order valence-corrected chi connectivity index (χ1v) is 3.34. The summed E-state index contributed by atoms with van der Waals surface area (Å²) in [5.74, 6) is -1.31. The first kappa shape index (κ1) is 8.30. The molecule has 0 radical (unpaired) electrons. The lowest BCUT2D eigenvalue weighted by Gasteiger charge is -1.76. The van der Waals surface area contributed by atoms with Crippen LogP contribution < -0.4 is 27.5 Å². The number of fused-ring (bicyclic) bond motifs is 1. The topological polar surface area (TPSA) is 112 Å². The van der Waals surface area contributed by atoms with Crippen molar-refractivity contribution in [1.29, 1.82) is 0 Å². The second-order valence-corrected chi connectivity index (χ2v) is 2.43. The van der Waals surface area contributed by atoms with Gasteiger partial charge in [-0.3, -0.25) is 19.2 Å². The van der Waals surface area contributed by atoms with Crippen LogP contribution in [0.1, 0.15) is 0 Å². The maximum atomic E-state index is 11.0. The van der Waals surface area contributed by atoms with Crippen LogP contribution in [-0.2, 0) is 0 Å². The Hall–Kier alpha value is -2.31. The Bertz CT molecular complexity index is 701. The second kappa shape index (κ2) is 2.34. The van der Waals surface area contributed by atoms with Crippen molar-refractivity contribution in [3.8, 4) is 0 Å². The molecule has 0 unspecified atom stereocenters.